The summed E-state index contributed by atoms with van der Waals surface area (Å²) in [5.41, 5.74) is 0.410. The zero-order valence-electron chi connectivity index (χ0n) is 16.5. The normalized spacial score (nSPS) is 32.4. The molecule has 0 radical (unpaired) electrons. The third-order valence-corrected chi connectivity index (χ3v) is 6.44. The zero-order chi connectivity index (χ0) is 21.4. The summed E-state index contributed by atoms with van der Waals surface area (Å²) in [4.78, 5) is 23.9. The van der Waals surface area contributed by atoms with E-state index in [4.69, 9.17) is 27.9 Å². The van der Waals surface area contributed by atoms with Gasteiger partial charge >= 0.3 is 0 Å². The summed E-state index contributed by atoms with van der Waals surface area (Å²) in [5, 5.41) is 4.48. The number of ether oxygens (including phenoxy) is 1. The van der Waals surface area contributed by atoms with Crippen molar-refractivity contribution in [1.29, 1.82) is 0 Å². The minimum atomic E-state index is -1.12. The third kappa shape index (κ3) is 8.77. The monoisotopic (exact) mass is 454 g/mol. The molecule has 5 nitrogen and oxygen atoms in total. The Morgan fingerprint density at radius 2 is 1.62 bits per heavy atom. The van der Waals surface area contributed by atoms with Crippen LogP contribution in [0.3, 0.4) is 0 Å². The van der Waals surface area contributed by atoms with Gasteiger partial charge in [0, 0.05) is 25.1 Å². The van der Waals surface area contributed by atoms with E-state index in [2.05, 4.69) is 17.2 Å². The summed E-state index contributed by atoms with van der Waals surface area (Å²) in [5.74, 6) is -0.459. The molecule has 0 spiro atoms. The highest BCUT2D eigenvalue weighted by molar-refractivity contribution is 6.21. The molecule has 0 aromatic rings. The lowest BCUT2D eigenvalue weighted by Gasteiger charge is -2.28. The Bertz CT molecular complexity index is 582. The summed E-state index contributed by atoms with van der Waals surface area (Å²) in [6.45, 7) is 3.98. The third-order valence-electron chi connectivity index (χ3n) is 5.45. The highest BCUT2D eigenvalue weighted by atomic mass is 35.5. The summed E-state index contributed by atoms with van der Waals surface area (Å²) >= 11 is 11.7. The maximum Gasteiger partial charge on any atom is 0.250 e. The molecule has 0 aliphatic heterocycles. The van der Waals surface area contributed by atoms with E-state index in [9.17, 15) is 18.4 Å². The molecule has 0 aromatic heterocycles. The first-order valence-electron chi connectivity index (χ1n) is 10.2. The smallest absolute Gasteiger partial charge is 0.250 e. The Morgan fingerprint density at radius 3 is 2.28 bits per heavy atom. The van der Waals surface area contributed by atoms with Crippen molar-refractivity contribution in [2.75, 3.05) is 13.2 Å². The number of rotatable bonds is 9. The number of amides is 2. The highest BCUT2D eigenvalue weighted by Crippen LogP contribution is 2.30. The van der Waals surface area contributed by atoms with Crippen molar-refractivity contribution in [1.82, 2.24) is 10.6 Å². The SMILES string of the molecule is C=C(CCC(=O)NCC1CCC(Cl)C(F)C1)NC(=O)COC1CCC(Cl)C(F)C1. The van der Waals surface area contributed by atoms with Gasteiger partial charge in [-0.2, -0.15) is 0 Å². The Hall–Kier alpha value is -0.920. The van der Waals surface area contributed by atoms with Gasteiger partial charge < -0.3 is 15.4 Å². The van der Waals surface area contributed by atoms with Crippen LogP contribution in [0.5, 0.6) is 0 Å². The lowest BCUT2D eigenvalue weighted by molar-refractivity contribution is -0.128. The van der Waals surface area contributed by atoms with Gasteiger partial charge in [-0.15, -0.1) is 23.2 Å². The number of carbonyl (C=O) groups excluding carboxylic acids is 2. The van der Waals surface area contributed by atoms with Gasteiger partial charge in [0.1, 0.15) is 19.0 Å². The van der Waals surface area contributed by atoms with Crippen molar-refractivity contribution in [3.63, 3.8) is 0 Å². The lowest BCUT2D eigenvalue weighted by atomic mass is 9.87. The van der Waals surface area contributed by atoms with Gasteiger partial charge in [0.2, 0.25) is 11.8 Å². The number of hydrogen-bond donors (Lipinski definition) is 2. The molecule has 2 amide bonds. The highest BCUT2D eigenvalue weighted by Gasteiger charge is 2.30. The lowest BCUT2D eigenvalue weighted by Crippen LogP contribution is -2.36. The van der Waals surface area contributed by atoms with Crippen LogP contribution >= 0.6 is 23.2 Å². The largest absolute Gasteiger partial charge is 0.368 e. The van der Waals surface area contributed by atoms with Gasteiger partial charge in [-0.3, -0.25) is 9.59 Å². The molecule has 6 unspecified atom stereocenters. The van der Waals surface area contributed by atoms with E-state index < -0.39 is 23.1 Å². The van der Waals surface area contributed by atoms with Crippen LogP contribution in [0.1, 0.15) is 51.4 Å². The van der Waals surface area contributed by atoms with Gasteiger partial charge in [0.25, 0.3) is 0 Å². The molecule has 0 heterocycles. The van der Waals surface area contributed by atoms with Crippen LogP contribution in [0.25, 0.3) is 0 Å². The summed E-state index contributed by atoms with van der Waals surface area (Å²) < 4.78 is 32.6. The van der Waals surface area contributed by atoms with E-state index in [0.717, 1.165) is 6.42 Å². The summed E-state index contributed by atoms with van der Waals surface area (Å²) in [6, 6.07) is 0. The van der Waals surface area contributed by atoms with Gasteiger partial charge in [0.15, 0.2) is 0 Å². The molecule has 0 aromatic carbocycles. The number of halogens is 4. The summed E-state index contributed by atoms with van der Waals surface area (Å²) in [6.07, 6.45) is 1.14. The van der Waals surface area contributed by atoms with Gasteiger partial charge in [-0.1, -0.05) is 6.58 Å². The molecular formula is C20H30Cl2F2N2O3. The molecule has 29 heavy (non-hydrogen) atoms. The van der Waals surface area contributed by atoms with Gasteiger partial charge in [-0.05, 0) is 44.4 Å². The van der Waals surface area contributed by atoms with Crippen LogP contribution in [0.15, 0.2) is 12.3 Å². The number of carbonyl (C=O) groups is 2. The second-order valence-corrected chi connectivity index (χ2v) is 9.07. The Morgan fingerprint density at radius 1 is 0.966 bits per heavy atom. The van der Waals surface area contributed by atoms with Crippen LogP contribution in [-0.4, -0.2) is 54.2 Å². The van der Waals surface area contributed by atoms with E-state index in [1.165, 1.54) is 0 Å². The molecule has 9 heteroatoms. The topological polar surface area (TPSA) is 67.4 Å². The fraction of sp³-hybridized carbons (Fsp3) is 0.800. The second kappa shape index (κ2) is 12.1. The average molecular weight is 455 g/mol. The van der Waals surface area contributed by atoms with Crippen molar-refractivity contribution in [3.05, 3.63) is 12.3 Å². The average Bonchev–Trinajstić information content (AvgIpc) is 2.68. The number of alkyl halides is 4. The van der Waals surface area contributed by atoms with E-state index in [-0.39, 0.29) is 43.3 Å². The van der Waals surface area contributed by atoms with Crippen LogP contribution < -0.4 is 10.6 Å². The van der Waals surface area contributed by atoms with Crippen molar-refractivity contribution in [2.45, 2.75) is 80.6 Å². The molecule has 2 rings (SSSR count). The minimum absolute atomic E-state index is 0.0989. The van der Waals surface area contributed by atoms with Crippen molar-refractivity contribution >= 4 is 35.0 Å². The minimum Gasteiger partial charge on any atom is -0.368 e. The maximum atomic E-state index is 13.6. The van der Waals surface area contributed by atoms with Gasteiger partial charge in [-0.25, -0.2) is 8.78 Å². The van der Waals surface area contributed by atoms with Crippen LogP contribution in [0.2, 0.25) is 0 Å². The van der Waals surface area contributed by atoms with E-state index in [1.54, 1.807) is 0 Å². The first-order valence-corrected chi connectivity index (χ1v) is 11.0. The predicted octanol–water partition coefficient (Wildman–Crippen LogP) is 3.77. The van der Waals surface area contributed by atoms with Gasteiger partial charge in [0.05, 0.1) is 16.9 Å². The zero-order valence-corrected chi connectivity index (χ0v) is 18.0. The molecule has 0 saturated heterocycles. The standard InChI is InChI=1S/C20H30Cl2F2N2O3/c1-12(26-20(28)11-29-14-4-6-16(22)18(24)9-14)2-7-19(27)25-10-13-3-5-15(21)17(23)8-13/h13-18H,1-11H2,(H,25,27)(H,26,28). The van der Waals surface area contributed by atoms with E-state index >= 15 is 0 Å². The second-order valence-electron chi connectivity index (χ2n) is 7.94. The Kier molecular flexibility index (Phi) is 10.1. The first-order chi connectivity index (χ1) is 13.7. The van der Waals surface area contributed by atoms with Crippen molar-refractivity contribution < 1.29 is 23.1 Å². The fourth-order valence-electron chi connectivity index (χ4n) is 3.64. The molecular weight excluding hydrogens is 425 g/mol. The Balaban J connectivity index is 1.55. The fourth-order valence-corrected chi connectivity index (χ4v) is 4.10. The maximum absolute atomic E-state index is 13.6. The van der Waals surface area contributed by atoms with Crippen molar-refractivity contribution in [2.24, 2.45) is 5.92 Å². The van der Waals surface area contributed by atoms with Crippen LogP contribution in [0, 0.1) is 5.92 Å². The number of allylic oxidation sites excluding steroid dienone is 1. The van der Waals surface area contributed by atoms with Crippen LogP contribution in [0.4, 0.5) is 8.78 Å². The quantitative estimate of drug-likeness (QED) is 0.521. The molecule has 0 bridgehead atoms. The molecule has 166 valence electrons. The molecule has 6 atom stereocenters. The van der Waals surface area contributed by atoms with E-state index in [1.807, 2.05) is 0 Å². The molecule has 2 N–H and O–H groups in total. The summed E-state index contributed by atoms with van der Waals surface area (Å²) in [7, 11) is 0. The molecule has 2 saturated carbocycles. The molecule has 2 aliphatic carbocycles. The predicted molar refractivity (Wildman–Crippen MR) is 110 cm³/mol. The first kappa shape index (κ1) is 24.4. The Labute approximate surface area is 180 Å². The van der Waals surface area contributed by atoms with E-state index in [0.29, 0.717) is 44.3 Å². The molecule has 2 aliphatic rings. The number of nitrogens with one attached hydrogen (secondary N) is 2. The number of hydrogen-bond acceptors (Lipinski definition) is 3. The van der Waals surface area contributed by atoms with Crippen molar-refractivity contribution in [3.8, 4) is 0 Å². The molecule has 2 fully saturated rings. The van der Waals surface area contributed by atoms with Crippen LogP contribution in [-0.2, 0) is 14.3 Å².